The molecule has 7 N–H and O–H groups in total. The van der Waals surface area contributed by atoms with Gasteiger partial charge in [-0.25, -0.2) is 14.5 Å². The van der Waals surface area contributed by atoms with Gasteiger partial charge in [-0.3, -0.25) is 14.6 Å². The van der Waals surface area contributed by atoms with E-state index in [9.17, 15) is 24.6 Å². The fourth-order valence-corrected chi connectivity index (χ4v) is 2.09. The van der Waals surface area contributed by atoms with Crippen molar-refractivity contribution in [3.63, 3.8) is 0 Å². The number of nitrogens with two attached hydrogens (primary N) is 1. The first-order chi connectivity index (χ1) is 12.2. The molecule has 26 heavy (non-hydrogen) atoms. The van der Waals surface area contributed by atoms with Gasteiger partial charge in [-0.05, 0) is 6.92 Å². The maximum absolute atomic E-state index is 10.8. The van der Waals surface area contributed by atoms with Crippen molar-refractivity contribution in [1.29, 1.82) is 0 Å². The molecule has 2 aromatic heterocycles. The van der Waals surface area contributed by atoms with E-state index in [0.29, 0.717) is 5.56 Å². The van der Waals surface area contributed by atoms with Crippen molar-refractivity contribution in [1.82, 2.24) is 24.7 Å². The summed E-state index contributed by atoms with van der Waals surface area (Å²) in [5, 5.41) is 31.8. The highest BCUT2D eigenvalue weighted by molar-refractivity contribution is 5.88. The van der Waals surface area contributed by atoms with Gasteiger partial charge in [-0.15, -0.1) is 5.10 Å². The summed E-state index contributed by atoms with van der Waals surface area (Å²) in [6.07, 6.45) is -1.89. The van der Waals surface area contributed by atoms with Crippen molar-refractivity contribution in [3.8, 4) is 0 Å². The first kappa shape index (κ1) is 19.5. The number of hydrogen-bond donors (Lipinski definition) is 6. The predicted octanol–water partition coefficient (Wildman–Crippen LogP) is -3.64. The third-order valence-electron chi connectivity index (χ3n) is 3.51. The fraction of sp³-hybridized carbons (Fsp3) is 0.462. The zero-order chi connectivity index (χ0) is 19.4. The van der Waals surface area contributed by atoms with Crippen LogP contribution in [0.2, 0.25) is 0 Å². The van der Waals surface area contributed by atoms with E-state index < -0.39 is 42.7 Å². The molecule has 1 aliphatic heterocycles. The van der Waals surface area contributed by atoms with E-state index in [2.05, 4.69) is 20.1 Å². The topological polar surface area (TPSA) is 209 Å². The highest BCUT2D eigenvalue weighted by atomic mass is 16.6. The Balaban J connectivity index is 0.000000228. The number of aliphatic hydroxyl groups excluding tert-OH is 3. The number of amides is 1. The smallest absolute Gasteiger partial charge is 0.325 e. The second kappa shape index (κ2) is 8.01. The molecule has 3 heterocycles. The van der Waals surface area contributed by atoms with Crippen LogP contribution in [0.25, 0.3) is 0 Å². The number of aromatic nitrogens is 5. The summed E-state index contributed by atoms with van der Waals surface area (Å²) >= 11 is 0. The fourth-order valence-electron chi connectivity index (χ4n) is 2.09. The number of nitrogens with one attached hydrogen (secondary N) is 2. The first-order valence-electron chi connectivity index (χ1n) is 7.36. The van der Waals surface area contributed by atoms with Gasteiger partial charge >= 0.3 is 5.69 Å². The summed E-state index contributed by atoms with van der Waals surface area (Å²) in [6, 6.07) is 0. The van der Waals surface area contributed by atoms with Gasteiger partial charge in [-0.2, -0.15) is 0 Å². The SMILES string of the molecule is Cc1c[nH]c(=O)[nH]c1=O.NC(=O)c1ncn([C@@H]2O[C@H](CO)[C@@H](O)[C@H]2O)n1. The molecule has 142 valence electrons. The monoisotopic (exact) mass is 370 g/mol. The Hall–Kier alpha value is -2.87. The van der Waals surface area contributed by atoms with Crippen molar-refractivity contribution in [2.24, 2.45) is 5.73 Å². The minimum atomic E-state index is -1.27. The number of aromatic amines is 2. The van der Waals surface area contributed by atoms with Gasteiger partial charge in [0.05, 0.1) is 6.61 Å². The molecule has 0 bridgehead atoms. The molecule has 13 nitrogen and oxygen atoms in total. The van der Waals surface area contributed by atoms with Crippen molar-refractivity contribution >= 4 is 5.91 Å². The van der Waals surface area contributed by atoms with Crippen LogP contribution in [0.4, 0.5) is 0 Å². The number of carbonyl (C=O) groups excluding carboxylic acids is 1. The number of nitrogens with zero attached hydrogens (tertiary/aromatic N) is 3. The second-order valence-electron chi connectivity index (χ2n) is 5.40. The molecule has 2 aromatic rings. The molecule has 0 aliphatic carbocycles. The van der Waals surface area contributed by atoms with Crippen LogP contribution in [0.15, 0.2) is 22.1 Å². The number of primary amides is 1. The molecule has 1 aliphatic rings. The summed E-state index contributed by atoms with van der Waals surface area (Å²) < 4.78 is 6.25. The summed E-state index contributed by atoms with van der Waals surface area (Å²) in [7, 11) is 0. The Labute approximate surface area is 145 Å². The van der Waals surface area contributed by atoms with E-state index in [0.717, 1.165) is 11.0 Å². The molecule has 4 atom stereocenters. The van der Waals surface area contributed by atoms with Crippen LogP contribution in [-0.4, -0.2) is 70.9 Å². The lowest BCUT2D eigenvalue weighted by Gasteiger charge is -2.13. The van der Waals surface area contributed by atoms with Gasteiger partial charge in [0, 0.05) is 11.8 Å². The molecule has 1 amide bonds. The van der Waals surface area contributed by atoms with Crippen LogP contribution < -0.4 is 17.0 Å². The number of hydrogen-bond acceptors (Lipinski definition) is 9. The van der Waals surface area contributed by atoms with Gasteiger partial charge in [0.2, 0.25) is 5.82 Å². The highest BCUT2D eigenvalue weighted by Crippen LogP contribution is 2.28. The second-order valence-corrected chi connectivity index (χ2v) is 5.40. The van der Waals surface area contributed by atoms with Crippen molar-refractivity contribution in [2.45, 2.75) is 31.5 Å². The third-order valence-corrected chi connectivity index (χ3v) is 3.51. The maximum atomic E-state index is 10.8. The summed E-state index contributed by atoms with van der Waals surface area (Å²) in [5.74, 6) is -1.03. The van der Waals surface area contributed by atoms with Gasteiger partial charge in [0.1, 0.15) is 24.6 Å². The standard InChI is InChI=1S/C8H12N4O5.C5H6N2O2/c9-6(16)7-10-2-12(11-7)8-5(15)4(14)3(1-13)17-8;1-3-2-6-5(9)7-4(3)8/h2-5,8,13-15H,1H2,(H2,9,16);2H,1H3,(H2,6,7,8,9)/t3-,4-,5-,8-;/m1./s1. The van der Waals surface area contributed by atoms with Gasteiger partial charge in [0.15, 0.2) is 6.23 Å². The molecule has 0 aromatic carbocycles. The first-order valence-corrected chi connectivity index (χ1v) is 7.36. The number of aliphatic hydroxyl groups is 3. The minimum Gasteiger partial charge on any atom is -0.394 e. The van der Waals surface area contributed by atoms with Crippen LogP contribution in [0, 0.1) is 6.92 Å². The van der Waals surface area contributed by atoms with E-state index in [1.54, 1.807) is 6.92 Å². The zero-order valence-corrected chi connectivity index (χ0v) is 13.6. The Kier molecular flexibility index (Phi) is 5.99. The summed E-state index contributed by atoms with van der Waals surface area (Å²) in [5.41, 5.74) is 4.68. The Morgan fingerprint density at radius 1 is 1.38 bits per heavy atom. The minimum absolute atomic E-state index is 0.220. The van der Waals surface area contributed by atoms with E-state index >= 15 is 0 Å². The van der Waals surface area contributed by atoms with Crippen molar-refractivity contribution < 1.29 is 24.9 Å². The average molecular weight is 370 g/mol. The highest BCUT2D eigenvalue weighted by Gasteiger charge is 2.44. The quantitative estimate of drug-likeness (QED) is 0.314. The largest absolute Gasteiger partial charge is 0.394 e. The van der Waals surface area contributed by atoms with E-state index in [-0.39, 0.29) is 11.4 Å². The number of aryl methyl sites for hydroxylation is 1. The predicted molar refractivity (Wildman–Crippen MR) is 84.0 cm³/mol. The normalized spacial score (nSPS) is 24.8. The van der Waals surface area contributed by atoms with Gasteiger partial charge in [0.25, 0.3) is 11.5 Å². The molecule has 0 saturated carbocycles. The molecule has 1 saturated heterocycles. The Morgan fingerprint density at radius 3 is 2.54 bits per heavy atom. The van der Waals surface area contributed by atoms with Crippen LogP contribution in [0.1, 0.15) is 22.4 Å². The lowest BCUT2D eigenvalue weighted by molar-refractivity contribution is -0.0588. The van der Waals surface area contributed by atoms with E-state index in [4.69, 9.17) is 15.6 Å². The lowest BCUT2D eigenvalue weighted by Crippen LogP contribution is -2.33. The number of rotatable bonds is 3. The Bertz CT molecular complexity index is 874. The average Bonchev–Trinajstić information content (AvgIpc) is 3.18. The molecular formula is C13H18N6O7. The zero-order valence-electron chi connectivity index (χ0n) is 13.6. The van der Waals surface area contributed by atoms with Crippen LogP contribution in [-0.2, 0) is 4.74 Å². The van der Waals surface area contributed by atoms with Crippen molar-refractivity contribution in [3.05, 3.63) is 44.8 Å². The van der Waals surface area contributed by atoms with Crippen LogP contribution in [0.5, 0.6) is 0 Å². The van der Waals surface area contributed by atoms with Gasteiger partial charge < -0.3 is 30.8 Å². The molecule has 13 heteroatoms. The molecule has 0 spiro atoms. The number of H-pyrrole nitrogens is 2. The summed E-state index contributed by atoms with van der Waals surface area (Å²) in [6.45, 7) is 1.18. The molecule has 0 unspecified atom stereocenters. The molecule has 1 fully saturated rings. The lowest BCUT2D eigenvalue weighted by atomic mass is 10.1. The van der Waals surface area contributed by atoms with E-state index in [1.807, 2.05) is 0 Å². The maximum Gasteiger partial charge on any atom is 0.325 e. The molecular weight excluding hydrogens is 352 g/mol. The van der Waals surface area contributed by atoms with E-state index in [1.165, 1.54) is 6.20 Å². The molecule has 0 radical (unpaired) electrons. The van der Waals surface area contributed by atoms with Gasteiger partial charge in [-0.1, -0.05) is 0 Å². The number of ether oxygens (including phenoxy) is 1. The van der Waals surface area contributed by atoms with Crippen molar-refractivity contribution in [2.75, 3.05) is 6.61 Å². The van der Waals surface area contributed by atoms with Crippen LogP contribution in [0.3, 0.4) is 0 Å². The number of carbonyl (C=O) groups is 1. The third kappa shape index (κ3) is 4.20. The Morgan fingerprint density at radius 2 is 2.08 bits per heavy atom. The van der Waals surface area contributed by atoms with Crippen LogP contribution >= 0.6 is 0 Å². The summed E-state index contributed by atoms with van der Waals surface area (Å²) in [4.78, 5) is 39.7. The molecule has 3 rings (SSSR count).